The number of methoxy groups -OCH3 is 1. The Bertz CT molecular complexity index is 838. The number of aromatic nitrogens is 2. The van der Waals surface area contributed by atoms with Gasteiger partial charge in [0.25, 0.3) is 0 Å². The third-order valence-corrected chi connectivity index (χ3v) is 5.05. The molecule has 0 radical (unpaired) electrons. The van der Waals surface area contributed by atoms with Gasteiger partial charge >= 0.3 is 0 Å². The number of nitrogens with zero attached hydrogens (tertiary/aromatic N) is 2. The molecule has 1 heterocycles. The van der Waals surface area contributed by atoms with Crippen LogP contribution in [0.3, 0.4) is 0 Å². The molecule has 0 bridgehead atoms. The third-order valence-electron chi connectivity index (χ3n) is 4.12. The summed E-state index contributed by atoms with van der Waals surface area (Å²) in [5.74, 6) is 1.59. The van der Waals surface area contributed by atoms with Crippen LogP contribution in [0.1, 0.15) is 18.9 Å². The molecular weight excluding hydrogens is 354 g/mol. The van der Waals surface area contributed by atoms with Gasteiger partial charge in [-0.15, -0.1) is 0 Å². The van der Waals surface area contributed by atoms with E-state index < -0.39 is 0 Å². The monoisotopic (exact) mass is 379 g/mol. The molecule has 0 atom stereocenters. The van der Waals surface area contributed by atoms with Crippen molar-refractivity contribution in [2.24, 2.45) is 0 Å². The van der Waals surface area contributed by atoms with Crippen LogP contribution >= 0.6 is 11.8 Å². The molecule has 0 saturated heterocycles. The minimum absolute atomic E-state index is 0.731. The Hall–Kier alpha value is -2.37. The summed E-state index contributed by atoms with van der Waals surface area (Å²) >= 11 is 1.65. The van der Waals surface area contributed by atoms with Crippen LogP contribution < -0.4 is 5.32 Å². The topological polar surface area (TPSA) is 47.0 Å². The zero-order valence-corrected chi connectivity index (χ0v) is 16.6. The standard InChI is InChI=1S/C22H25N3OS/c1-3-17-10-12-18(13-11-17)22-24-20(23-14-7-15-26-2)16-21(25-22)27-19-8-5-4-6-9-19/h4-6,8-13,16H,3,7,14-15H2,1-2H3,(H,23,24,25). The van der Waals surface area contributed by atoms with Crippen LogP contribution in [0, 0.1) is 0 Å². The molecule has 3 rings (SSSR count). The van der Waals surface area contributed by atoms with E-state index in [2.05, 4.69) is 48.6 Å². The van der Waals surface area contributed by atoms with Crippen LogP contribution in [0.15, 0.2) is 70.6 Å². The lowest BCUT2D eigenvalue weighted by molar-refractivity contribution is 0.198. The quantitative estimate of drug-likeness (QED) is 0.403. The molecule has 0 aliphatic carbocycles. The summed E-state index contributed by atoms with van der Waals surface area (Å²) in [4.78, 5) is 10.7. The van der Waals surface area contributed by atoms with E-state index in [0.29, 0.717) is 0 Å². The molecule has 4 nitrogen and oxygen atoms in total. The minimum Gasteiger partial charge on any atom is -0.385 e. The van der Waals surface area contributed by atoms with E-state index in [4.69, 9.17) is 14.7 Å². The molecule has 0 unspecified atom stereocenters. The molecule has 0 spiro atoms. The Balaban J connectivity index is 1.86. The van der Waals surface area contributed by atoms with E-state index in [-0.39, 0.29) is 0 Å². The second-order valence-corrected chi connectivity index (χ2v) is 7.25. The van der Waals surface area contributed by atoms with Crippen LogP contribution in [-0.2, 0) is 11.2 Å². The first-order valence-corrected chi connectivity index (χ1v) is 10.0. The average molecular weight is 380 g/mol. The highest BCUT2D eigenvalue weighted by atomic mass is 32.2. The molecule has 0 saturated carbocycles. The molecule has 1 aromatic heterocycles. The average Bonchev–Trinajstić information content (AvgIpc) is 2.72. The van der Waals surface area contributed by atoms with Crippen LogP contribution in [0.2, 0.25) is 0 Å². The Labute approximate surface area is 165 Å². The van der Waals surface area contributed by atoms with Gasteiger partial charge in [0.1, 0.15) is 10.8 Å². The van der Waals surface area contributed by atoms with Gasteiger partial charge in [-0.25, -0.2) is 9.97 Å². The lowest BCUT2D eigenvalue weighted by Crippen LogP contribution is -2.07. The van der Waals surface area contributed by atoms with Crippen LogP contribution in [-0.4, -0.2) is 30.2 Å². The first-order chi connectivity index (χ1) is 13.3. The van der Waals surface area contributed by atoms with E-state index in [9.17, 15) is 0 Å². The Kier molecular flexibility index (Phi) is 7.25. The number of anilines is 1. The van der Waals surface area contributed by atoms with E-state index in [0.717, 1.165) is 53.1 Å². The van der Waals surface area contributed by atoms with Gasteiger partial charge in [-0.3, -0.25) is 0 Å². The van der Waals surface area contributed by atoms with Gasteiger partial charge in [-0.2, -0.15) is 0 Å². The Morgan fingerprint density at radius 2 is 1.78 bits per heavy atom. The van der Waals surface area contributed by atoms with Crippen molar-refractivity contribution in [1.82, 2.24) is 9.97 Å². The zero-order chi connectivity index (χ0) is 18.9. The molecule has 0 aliphatic heterocycles. The summed E-state index contributed by atoms with van der Waals surface area (Å²) in [5.41, 5.74) is 2.34. The van der Waals surface area contributed by atoms with Gasteiger partial charge in [-0.05, 0) is 30.5 Å². The largest absolute Gasteiger partial charge is 0.385 e. The van der Waals surface area contributed by atoms with Crippen molar-refractivity contribution in [1.29, 1.82) is 0 Å². The highest BCUT2D eigenvalue weighted by Crippen LogP contribution is 2.29. The second-order valence-electron chi connectivity index (χ2n) is 6.15. The number of hydrogen-bond acceptors (Lipinski definition) is 5. The molecule has 27 heavy (non-hydrogen) atoms. The molecular formula is C22H25N3OS. The third kappa shape index (κ3) is 5.81. The number of ether oxygens (including phenoxy) is 1. The molecule has 2 aromatic carbocycles. The molecule has 1 N–H and O–H groups in total. The Morgan fingerprint density at radius 1 is 1.00 bits per heavy atom. The number of nitrogens with one attached hydrogen (secondary N) is 1. The van der Waals surface area contributed by atoms with Crippen LogP contribution in [0.25, 0.3) is 11.4 Å². The van der Waals surface area contributed by atoms with E-state index in [1.165, 1.54) is 5.56 Å². The molecule has 0 amide bonds. The van der Waals surface area contributed by atoms with Crippen molar-refractivity contribution in [2.75, 3.05) is 25.6 Å². The molecule has 3 aromatic rings. The number of rotatable bonds is 9. The predicted octanol–water partition coefficient (Wildman–Crippen LogP) is 5.31. The summed E-state index contributed by atoms with van der Waals surface area (Å²) in [6.45, 7) is 3.70. The maximum Gasteiger partial charge on any atom is 0.162 e. The maximum absolute atomic E-state index is 5.12. The van der Waals surface area contributed by atoms with Crippen LogP contribution in [0.5, 0.6) is 0 Å². The fraction of sp³-hybridized carbons (Fsp3) is 0.273. The molecule has 140 valence electrons. The fourth-order valence-electron chi connectivity index (χ4n) is 2.63. The summed E-state index contributed by atoms with van der Waals surface area (Å²) in [7, 11) is 1.72. The van der Waals surface area contributed by atoms with Crippen LogP contribution in [0.4, 0.5) is 5.82 Å². The number of aryl methyl sites for hydroxylation is 1. The van der Waals surface area contributed by atoms with Crippen molar-refractivity contribution in [3.63, 3.8) is 0 Å². The van der Waals surface area contributed by atoms with Crippen molar-refractivity contribution < 1.29 is 4.74 Å². The van der Waals surface area contributed by atoms with Gasteiger partial charge in [0.2, 0.25) is 0 Å². The second kappa shape index (κ2) is 10.1. The highest BCUT2D eigenvalue weighted by Gasteiger charge is 2.09. The summed E-state index contributed by atoms with van der Waals surface area (Å²) in [5, 5.41) is 4.32. The first-order valence-electron chi connectivity index (χ1n) is 9.22. The highest BCUT2D eigenvalue weighted by molar-refractivity contribution is 7.99. The number of hydrogen-bond donors (Lipinski definition) is 1. The minimum atomic E-state index is 0.731. The van der Waals surface area contributed by atoms with Crippen molar-refractivity contribution in [3.05, 3.63) is 66.2 Å². The SMILES string of the molecule is CCc1ccc(-c2nc(NCCCOC)cc(Sc3ccccc3)n2)cc1. The predicted molar refractivity (Wildman–Crippen MR) is 112 cm³/mol. The smallest absolute Gasteiger partial charge is 0.162 e. The molecule has 5 heteroatoms. The lowest BCUT2D eigenvalue weighted by atomic mass is 10.1. The summed E-state index contributed by atoms with van der Waals surface area (Å²) < 4.78 is 5.12. The molecule has 0 fully saturated rings. The summed E-state index contributed by atoms with van der Waals surface area (Å²) in [6.07, 6.45) is 1.96. The normalized spacial score (nSPS) is 10.7. The fourth-order valence-corrected chi connectivity index (χ4v) is 3.47. The van der Waals surface area contributed by atoms with Gasteiger partial charge in [0.05, 0.1) is 0 Å². The van der Waals surface area contributed by atoms with E-state index in [1.54, 1.807) is 18.9 Å². The molecule has 0 aliphatic rings. The van der Waals surface area contributed by atoms with Crippen molar-refractivity contribution in [2.45, 2.75) is 29.7 Å². The summed E-state index contributed by atoms with van der Waals surface area (Å²) in [6, 6.07) is 20.8. The Morgan fingerprint density at radius 3 is 2.48 bits per heavy atom. The van der Waals surface area contributed by atoms with Gasteiger partial charge in [-0.1, -0.05) is 61.2 Å². The van der Waals surface area contributed by atoms with Crippen molar-refractivity contribution in [3.8, 4) is 11.4 Å². The van der Waals surface area contributed by atoms with Crippen molar-refractivity contribution >= 4 is 17.6 Å². The van der Waals surface area contributed by atoms with Gasteiger partial charge < -0.3 is 10.1 Å². The van der Waals surface area contributed by atoms with Gasteiger partial charge in [0.15, 0.2) is 5.82 Å². The zero-order valence-electron chi connectivity index (χ0n) is 15.8. The lowest BCUT2D eigenvalue weighted by Gasteiger charge is -2.10. The maximum atomic E-state index is 5.12. The first kappa shape index (κ1) is 19.4. The number of benzene rings is 2. The van der Waals surface area contributed by atoms with E-state index in [1.807, 2.05) is 24.3 Å². The van der Waals surface area contributed by atoms with Gasteiger partial charge in [0, 0.05) is 36.8 Å². The van der Waals surface area contributed by atoms with E-state index >= 15 is 0 Å².